The molecule has 0 bridgehead atoms. The van der Waals surface area contributed by atoms with Crippen molar-refractivity contribution in [1.82, 2.24) is 4.90 Å². The maximum absolute atomic E-state index is 12.8. The van der Waals surface area contributed by atoms with E-state index in [-0.39, 0.29) is 17.9 Å². The van der Waals surface area contributed by atoms with E-state index in [9.17, 15) is 9.59 Å². The second-order valence-electron chi connectivity index (χ2n) is 7.35. The molecule has 2 aliphatic rings. The van der Waals surface area contributed by atoms with Crippen molar-refractivity contribution in [2.75, 3.05) is 23.3 Å². The fourth-order valence-corrected chi connectivity index (χ4v) is 3.93. The van der Waals surface area contributed by atoms with Gasteiger partial charge in [-0.05, 0) is 49.1 Å². The van der Waals surface area contributed by atoms with E-state index >= 15 is 0 Å². The van der Waals surface area contributed by atoms with Gasteiger partial charge >= 0.3 is 0 Å². The Bertz CT molecular complexity index is 864. The Morgan fingerprint density at radius 3 is 2.63 bits per heavy atom. The van der Waals surface area contributed by atoms with Crippen molar-refractivity contribution in [1.29, 1.82) is 0 Å². The first-order valence-corrected chi connectivity index (χ1v) is 9.64. The highest BCUT2D eigenvalue weighted by molar-refractivity contribution is 5.98. The van der Waals surface area contributed by atoms with E-state index < -0.39 is 0 Å². The predicted molar refractivity (Wildman–Crippen MR) is 107 cm³/mol. The average molecular weight is 363 g/mol. The Labute approximate surface area is 160 Å². The van der Waals surface area contributed by atoms with Gasteiger partial charge in [0.1, 0.15) is 0 Å². The summed E-state index contributed by atoms with van der Waals surface area (Å²) in [7, 11) is 0. The van der Waals surface area contributed by atoms with Crippen LogP contribution in [0.15, 0.2) is 48.5 Å². The van der Waals surface area contributed by atoms with Crippen LogP contribution in [-0.4, -0.2) is 35.8 Å². The molecular formula is C22H25N3O2. The fraction of sp³-hybridized carbons (Fsp3) is 0.364. The summed E-state index contributed by atoms with van der Waals surface area (Å²) >= 11 is 0. The van der Waals surface area contributed by atoms with Gasteiger partial charge in [-0.1, -0.05) is 30.3 Å². The highest BCUT2D eigenvalue weighted by Gasteiger charge is 2.26. The Hall–Kier alpha value is -2.66. The van der Waals surface area contributed by atoms with Gasteiger partial charge < -0.3 is 10.2 Å². The van der Waals surface area contributed by atoms with Gasteiger partial charge in [-0.3, -0.25) is 14.5 Å². The number of amides is 2. The molecule has 1 N–H and O–H groups in total. The molecular weight excluding hydrogens is 338 g/mol. The molecule has 0 aromatic heterocycles. The van der Waals surface area contributed by atoms with E-state index in [2.05, 4.69) is 34.5 Å². The van der Waals surface area contributed by atoms with E-state index in [1.54, 1.807) is 4.90 Å². The number of anilines is 2. The average Bonchev–Trinajstić information content (AvgIpc) is 3.13. The number of hydrogen-bond acceptors (Lipinski definition) is 3. The van der Waals surface area contributed by atoms with Gasteiger partial charge in [0.15, 0.2) is 0 Å². The van der Waals surface area contributed by atoms with Crippen molar-refractivity contribution < 1.29 is 9.59 Å². The van der Waals surface area contributed by atoms with Crippen LogP contribution in [0.3, 0.4) is 0 Å². The van der Waals surface area contributed by atoms with E-state index in [0.29, 0.717) is 6.42 Å². The molecule has 2 aromatic carbocycles. The minimum atomic E-state index is -0.213. The van der Waals surface area contributed by atoms with Crippen molar-refractivity contribution in [2.24, 2.45) is 0 Å². The number of benzene rings is 2. The molecule has 1 saturated heterocycles. The van der Waals surface area contributed by atoms with Crippen LogP contribution in [0.4, 0.5) is 11.4 Å². The van der Waals surface area contributed by atoms with Gasteiger partial charge in [0.2, 0.25) is 11.8 Å². The molecule has 0 unspecified atom stereocenters. The third kappa shape index (κ3) is 3.74. The summed E-state index contributed by atoms with van der Waals surface area (Å²) in [5.41, 5.74) is 4.28. The van der Waals surface area contributed by atoms with Crippen molar-refractivity contribution in [3.63, 3.8) is 0 Å². The first kappa shape index (κ1) is 17.7. The van der Waals surface area contributed by atoms with Crippen LogP contribution in [0.25, 0.3) is 0 Å². The lowest BCUT2D eigenvalue weighted by atomic mass is 9.99. The lowest BCUT2D eigenvalue weighted by molar-refractivity contribution is -0.121. The van der Waals surface area contributed by atoms with Gasteiger partial charge in [0.05, 0.1) is 6.04 Å². The zero-order valence-electron chi connectivity index (χ0n) is 15.6. The molecule has 1 fully saturated rings. The number of rotatable bonds is 4. The summed E-state index contributed by atoms with van der Waals surface area (Å²) in [6.07, 6.45) is 2.47. The van der Waals surface area contributed by atoms with Gasteiger partial charge in [-0.2, -0.15) is 0 Å². The van der Waals surface area contributed by atoms with Crippen molar-refractivity contribution in [3.8, 4) is 0 Å². The summed E-state index contributed by atoms with van der Waals surface area (Å²) in [5, 5.41) is 3.02. The lowest BCUT2D eigenvalue weighted by Gasteiger charge is -2.32. The largest absolute Gasteiger partial charge is 0.325 e. The number of nitrogens with one attached hydrogen (secondary N) is 1. The molecule has 27 heavy (non-hydrogen) atoms. The second-order valence-corrected chi connectivity index (χ2v) is 7.35. The number of nitrogens with zero attached hydrogens (tertiary/aromatic N) is 2. The van der Waals surface area contributed by atoms with Crippen LogP contribution in [0.1, 0.15) is 30.9 Å². The van der Waals surface area contributed by atoms with E-state index in [0.717, 1.165) is 43.9 Å². The van der Waals surface area contributed by atoms with Crippen LogP contribution in [-0.2, 0) is 22.6 Å². The summed E-state index contributed by atoms with van der Waals surface area (Å²) in [6.45, 7) is 4.39. The molecule has 2 aliphatic heterocycles. The Morgan fingerprint density at radius 2 is 1.85 bits per heavy atom. The Kier molecular flexibility index (Phi) is 4.94. The molecule has 1 atom stereocenters. The maximum Gasteiger partial charge on any atom is 0.241 e. The minimum Gasteiger partial charge on any atom is -0.325 e. The molecule has 0 radical (unpaired) electrons. The third-order valence-corrected chi connectivity index (χ3v) is 5.59. The highest BCUT2D eigenvalue weighted by Crippen LogP contribution is 2.25. The van der Waals surface area contributed by atoms with Crippen molar-refractivity contribution in [3.05, 3.63) is 59.7 Å². The molecule has 5 nitrogen and oxygen atoms in total. The number of hydrogen-bond donors (Lipinski definition) is 1. The molecule has 2 aromatic rings. The minimum absolute atomic E-state index is 0.0146. The topological polar surface area (TPSA) is 52.7 Å². The SMILES string of the molecule is C[C@H](C(=O)Nc1cccc(N2CCCC2=O)c1)N1CCc2ccccc2C1. The van der Waals surface area contributed by atoms with Crippen LogP contribution < -0.4 is 10.2 Å². The quantitative estimate of drug-likeness (QED) is 0.908. The maximum atomic E-state index is 12.8. The molecule has 2 heterocycles. The highest BCUT2D eigenvalue weighted by atomic mass is 16.2. The third-order valence-electron chi connectivity index (χ3n) is 5.59. The van der Waals surface area contributed by atoms with Gasteiger partial charge in [-0.15, -0.1) is 0 Å². The molecule has 0 saturated carbocycles. The van der Waals surface area contributed by atoms with E-state index in [1.165, 1.54) is 11.1 Å². The number of fused-ring (bicyclic) bond motifs is 1. The molecule has 4 rings (SSSR count). The van der Waals surface area contributed by atoms with Gasteiger partial charge in [-0.25, -0.2) is 0 Å². The molecule has 140 valence electrons. The zero-order valence-corrected chi connectivity index (χ0v) is 15.6. The second kappa shape index (κ2) is 7.53. The summed E-state index contributed by atoms with van der Waals surface area (Å²) in [4.78, 5) is 28.7. The number of carbonyl (C=O) groups is 2. The molecule has 0 aliphatic carbocycles. The summed E-state index contributed by atoms with van der Waals surface area (Å²) < 4.78 is 0. The normalized spacial score (nSPS) is 18.3. The van der Waals surface area contributed by atoms with E-state index in [1.807, 2.05) is 31.2 Å². The fourth-order valence-electron chi connectivity index (χ4n) is 3.93. The van der Waals surface area contributed by atoms with Crippen molar-refractivity contribution in [2.45, 2.75) is 38.8 Å². The summed E-state index contributed by atoms with van der Waals surface area (Å²) in [5.74, 6) is 0.137. The molecule has 5 heteroatoms. The lowest BCUT2D eigenvalue weighted by Crippen LogP contribution is -2.44. The monoisotopic (exact) mass is 363 g/mol. The smallest absolute Gasteiger partial charge is 0.241 e. The molecule has 2 amide bonds. The van der Waals surface area contributed by atoms with Crippen LogP contribution >= 0.6 is 0 Å². The predicted octanol–water partition coefficient (Wildman–Crippen LogP) is 3.20. The summed E-state index contributed by atoms with van der Waals surface area (Å²) in [6, 6.07) is 15.8. The molecule has 0 spiro atoms. The van der Waals surface area contributed by atoms with Crippen LogP contribution in [0.2, 0.25) is 0 Å². The van der Waals surface area contributed by atoms with Gasteiger partial charge in [0.25, 0.3) is 0 Å². The van der Waals surface area contributed by atoms with Gasteiger partial charge in [0, 0.05) is 37.4 Å². The standard InChI is InChI=1S/C22H25N3O2/c1-16(24-13-11-17-6-2-3-7-18(17)15-24)22(27)23-19-8-4-9-20(14-19)25-12-5-10-21(25)26/h2-4,6-9,14,16H,5,10-13,15H2,1H3,(H,23,27)/t16-/m1/s1. The Morgan fingerprint density at radius 1 is 1.04 bits per heavy atom. The van der Waals surface area contributed by atoms with Crippen LogP contribution in [0, 0.1) is 0 Å². The van der Waals surface area contributed by atoms with Crippen LogP contribution in [0.5, 0.6) is 0 Å². The zero-order chi connectivity index (χ0) is 18.8. The van der Waals surface area contributed by atoms with Crippen molar-refractivity contribution >= 4 is 23.2 Å². The Balaban J connectivity index is 1.42. The first-order valence-electron chi connectivity index (χ1n) is 9.64. The van der Waals surface area contributed by atoms with E-state index in [4.69, 9.17) is 0 Å². The first-order chi connectivity index (χ1) is 13.1. The number of carbonyl (C=O) groups excluding carboxylic acids is 2.